The molecule has 0 aliphatic carbocycles. The second-order valence-electron chi connectivity index (χ2n) is 8.22. The van der Waals surface area contributed by atoms with E-state index >= 15 is 0 Å². The fraction of sp³-hybridized carbons (Fsp3) is 0.222. The van der Waals surface area contributed by atoms with Crippen molar-refractivity contribution in [1.82, 2.24) is 14.5 Å². The summed E-state index contributed by atoms with van der Waals surface area (Å²) in [4.78, 5) is 43.9. The zero-order valence-corrected chi connectivity index (χ0v) is 19.8. The number of nitro benzene ring substituents is 1. The lowest BCUT2D eigenvalue weighted by Gasteiger charge is -2.29. The number of nitrogens with zero attached hydrogens (tertiary/aromatic N) is 4. The fourth-order valence-corrected chi connectivity index (χ4v) is 4.18. The molecular formula is C27H26N4O4. The molecule has 35 heavy (non-hydrogen) atoms. The monoisotopic (exact) mass is 470 g/mol. The van der Waals surface area contributed by atoms with Gasteiger partial charge in [0.15, 0.2) is 0 Å². The Hall–Kier alpha value is -4.33. The van der Waals surface area contributed by atoms with Crippen molar-refractivity contribution >= 4 is 22.5 Å². The first-order valence-corrected chi connectivity index (χ1v) is 11.5. The third-order valence-corrected chi connectivity index (χ3v) is 6.17. The van der Waals surface area contributed by atoms with Gasteiger partial charge >= 0.3 is 0 Å². The highest BCUT2D eigenvalue weighted by Crippen LogP contribution is 2.25. The second-order valence-corrected chi connectivity index (χ2v) is 8.22. The van der Waals surface area contributed by atoms with Gasteiger partial charge in [0.25, 0.3) is 17.2 Å². The Labute approximate surface area is 202 Å². The maximum Gasteiger partial charge on any atom is 0.269 e. The fourth-order valence-electron chi connectivity index (χ4n) is 4.18. The summed E-state index contributed by atoms with van der Waals surface area (Å²) < 4.78 is 1.57. The van der Waals surface area contributed by atoms with Gasteiger partial charge in [-0.05, 0) is 62.2 Å². The molecular weight excluding hydrogens is 444 g/mol. The van der Waals surface area contributed by atoms with E-state index in [1.807, 2.05) is 44.2 Å². The zero-order chi connectivity index (χ0) is 25.1. The SMILES string of the molecule is CCc1ccc(-n2c(C(C)N(CC)C(=O)c3ccc([N+](=O)[O-])cc3)nc3ccccc3c2=O)cc1. The average molecular weight is 471 g/mol. The zero-order valence-electron chi connectivity index (χ0n) is 19.8. The molecule has 1 heterocycles. The van der Waals surface area contributed by atoms with Crippen LogP contribution in [0.2, 0.25) is 0 Å². The number of hydrogen-bond donors (Lipinski definition) is 0. The van der Waals surface area contributed by atoms with Crippen LogP contribution in [0.15, 0.2) is 77.6 Å². The van der Waals surface area contributed by atoms with Crippen molar-refractivity contribution in [2.24, 2.45) is 0 Å². The van der Waals surface area contributed by atoms with E-state index in [0.29, 0.717) is 34.5 Å². The normalized spacial score (nSPS) is 11.9. The number of amides is 1. The van der Waals surface area contributed by atoms with Gasteiger partial charge in [-0.25, -0.2) is 4.98 Å². The molecule has 0 fully saturated rings. The van der Waals surface area contributed by atoms with Crippen LogP contribution in [0.4, 0.5) is 5.69 Å². The Morgan fingerprint density at radius 3 is 2.29 bits per heavy atom. The molecule has 0 bridgehead atoms. The van der Waals surface area contributed by atoms with Crippen molar-refractivity contribution in [2.75, 3.05) is 6.54 Å². The first-order valence-electron chi connectivity index (χ1n) is 11.5. The van der Waals surface area contributed by atoms with Gasteiger partial charge in [-0.1, -0.05) is 31.2 Å². The molecule has 0 saturated heterocycles. The quantitative estimate of drug-likeness (QED) is 0.277. The van der Waals surface area contributed by atoms with Crippen molar-refractivity contribution in [3.63, 3.8) is 0 Å². The number of fused-ring (bicyclic) bond motifs is 1. The number of benzene rings is 3. The lowest BCUT2D eigenvalue weighted by Crippen LogP contribution is -2.37. The van der Waals surface area contributed by atoms with Crippen molar-refractivity contribution in [3.8, 4) is 5.69 Å². The molecule has 1 atom stereocenters. The number of rotatable bonds is 7. The van der Waals surface area contributed by atoms with Crippen LogP contribution >= 0.6 is 0 Å². The second kappa shape index (κ2) is 9.89. The van der Waals surface area contributed by atoms with Gasteiger partial charge < -0.3 is 4.90 Å². The molecule has 1 amide bonds. The number of aromatic nitrogens is 2. The Balaban J connectivity index is 1.83. The molecule has 3 aromatic carbocycles. The molecule has 0 aliphatic heterocycles. The number of aryl methyl sites for hydroxylation is 1. The van der Waals surface area contributed by atoms with Crippen LogP contribution in [-0.4, -0.2) is 31.8 Å². The third kappa shape index (κ3) is 4.55. The predicted molar refractivity (Wildman–Crippen MR) is 135 cm³/mol. The van der Waals surface area contributed by atoms with E-state index in [1.54, 1.807) is 27.7 Å². The van der Waals surface area contributed by atoms with E-state index in [4.69, 9.17) is 4.98 Å². The summed E-state index contributed by atoms with van der Waals surface area (Å²) in [5.41, 5.74) is 2.41. The number of non-ortho nitro benzene ring substituents is 1. The molecule has 4 aromatic rings. The summed E-state index contributed by atoms with van der Waals surface area (Å²) >= 11 is 0. The van der Waals surface area contributed by atoms with Crippen LogP contribution in [-0.2, 0) is 6.42 Å². The minimum atomic E-state index is -0.550. The molecule has 178 valence electrons. The smallest absolute Gasteiger partial charge is 0.269 e. The van der Waals surface area contributed by atoms with Crippen molar-refractivity contribution in [3.05, 3.63) is 110 Å². The Morgan fingerprint density at radius 2 is 1.69 bits per heavy atom. The minimum absolute atomic E-state index is 0.0850. The molecule has 0 N–H and O–H groups in total. The number of carbonyl (C=O) groups excluding carboxylic acids is 1. The number of hydrogen-bond acceptors (Lipinski definition) is 5. The van der Waals surface area contributed by atoms with Gasteiger partial charge in [0, 0.05) is 24.2 Å². The molecule has 1 unspecified atom stereocenters. The number of carbonyl (C=O) groups is 1. The van der Waals surface area contributed by atoms with Gasteiger partial charge in [0.2, 0.25) is 0 Å². The van der Waals surface area contributed by atoms with Gasteiger partial charge in [-0.2, -0.15) is 0 Å². The Morgan fingerprint density at radius 1 is 1.03 bits per heavy atom. The third-order valence-electron chi connectivity index (χ3n) is 6.17. The lowest BCUT2D eigenvalue weighted by molar-refractivity contribution is -0.384. The Kier molecular flexibility index (Phi) is 6.73. The Bertz CT molecular complexity index is 1440. The average Bonchev–Trinajstić information content (AvgIpc) is 2.89. The molecule has 4 rings (SSSR count). The van der Waals surface area contributed by atoms with E-state index in [9.17, 15) is 19.7 Å². The topological polar surface area (TPSA) is 98.3 Å². The molecule has 0 spiro atoms. The van der Waals surface area contributed by atoms with Crippen LogP contribution in [0.3, 0.4) is 0 Å². The van der Waals surface area contributed by atoms with Crippen LogP contribution < -0.4 is 5.56 Å². The van der Waals surface area contributed by atoms with E-state index < -0.39 is 11.0 Å². The highest BCUT2D eigenvalue weighted by atomic mass is 16.6. The minimum Gasteiger partial charge on any atom is -0.329 e. The first kappa shape index (κ1) is 23.8. The lowest BCUT2D eigenvalue weighted by atomic mass is 10.1. The molecule has 8 nitrogen and oxygen atoms in total. The molecule has 0 aliphatic rings. The molecule has 0 saturated carbocycles. The predicted octanol–water partition coefficient (Wildman–Crippen LogP) is 5.08. The number of para-hydroxylation sites is 1. The standard InChI is InChI=1S/C27H26N4O4/c1-4-19-10-14-21(15-11-19)30-25(28-24-9-7-6-8-23(24)27(30)33)18(3)29(5-2)26(32)20-12-16-22(17-13-20)31(34)35/h6-18H,4-5H2,1-3H3. The van der Waals surface area contributed by atoms with Crippen LogP contribution in [0.5, 0.6) is 0 Å². The summed E-state index contributed by atoms with van der Waals surface area (Å²) in [6.45, 7) is 6.10. The molecule has 0 radical (unpaired) electrons. The van der Waals surface area contributed by atoms with E-state index in [2.05, 4.69) is 6.92 Å². The van der Waals surface area contributed by atoms with Crippen molar-refractivity contribution in [2.45, 2.75) is 33.2 Å². The van der Waals surface area contributed by atoms with Gasteiger partial charge in [0.05, 0.1) is 27.6 Å². The summed E-state index contributed by atoms with van der Waals surface area (Å²) in [6.07, 6.45) is 0.877. The highest BCUT2D eigenvalue weighted by molar-refractivity contribution is 5.94. The highest BCUT2D eigenvalue weighted by Gasteiger charge is 2.27. The summed E-state index contributed by atoms with van der Waals surface area (Å²) in [5, 5.41) is 11.5. The van der Waals surface area contributed by atoms with E-state index in [-0.39, 0.29) is 17.2 Å². The molecule has 8 heteroatoms. The maximum absolute atomic E-state index is 13.6. The summed E-state index contributed by atoms with van der Waals surface area (Å²) in [5.74, 6) is 0.139. The summed E-state index contributed by atoms with van der Waals surface area (Å²) in [7, 11) is 0. The van der Waals surface area contributed by atoms with Gasteiger partial charge in [-0.15, -0.1) is 0 Å². The van der Waals surface area contributed by atoms with Crippen LogP contribution in [0.1, 0.15) is 48.6 Å². The largest absolute Gasteiger partial charge is 0.329 e. The molecule has 1 aromatic heterocycles. The first-order chi connectivity index (χ1) is 16.8. The van der Waals surface area contributed by atoms with Crippen molar-refractivity contribution in [1.29, 1.82) is 0 Å². The van der Waals surface area contributed by atoms with Gasteiger partial charge in [0.1, 0.15) is 5.82 Å². The maximum atomic E-state index is 13.6. The number of nitro groups is 1. The van der Waals surface area contributed by atoms with Gasteiger partial charge in [-0.3, -0.25) is 24.3 Å². The summed E-state index contributed by atoms with van der Waals surface area (Å²) in [6, 6.07) is 19.8. The van der Waals surface area contributed by atoms with E-state index in [1.165, 1.54) is 24.3 Å². The van der Waals surface area contributed by atoms with Crippen molar-refractivity contribution < 1.29 is 9.72 Å². The van der Waals surface area contributed by atoms with E-state index in [0.717, 1.165) is 12.0 Å². The van der Waals surface area contributed by atoms with Crippen LogP contribution in [0.25, 0.3) is 16.6 Å². The van der Waals surface area contributed by atoms with Crippen LogP contribution in [0, 0.1) is 10.1 Å².